The van der Waals surface area contributed by atoms with Crippen LogP contribution in [0.3, 0.4) is 0 Å². The van der Waals surface area contributed by atoms with Gasteiger partial charge in [0, 0.05) is 0 Å². The van der Waals surface area contributed by atoms with Gasteiger partial charge in [-0.15, -0.1) is 23.2 Å². The van der Waals surface area contributed by atoms with Crippen molar-refractivity contribution in [2.45, 2.75) is 30.6 Å². The lowest BCUT2D eigenvalue weighted by molar-refractivity contribution is 0.263. The molecule has 0 aromatic carbocycles. The maximum Gasteiger partial charge on any atom is 0.185 e. The molecule has 0 rings (SSSR count). The molecular formula is C6H11Cl2NOSi. The molecule has 0 aliphatic heterocycles. The van der Waals surface area contributed by atoms with Gasteiger partial charge in [-0.05, 0) is 19.6 Å². The van der Waals surface area contributed by atoms with Crippen molar-refractivity contribution in [2.75, 3.05) is 0 Å². The molecule has 1 unspecified atom stereocenters. The first-order valence-corrected chi connectivity index (χ1v) is 7.50. The van der Waals surface area contributed by atoms with Gasteiger partial charge in [0.15, 0.2) is 14.4 Å². The molecule has 0 aromatic heterocycles. The number of hydrogen-bond donors (Lipinski definition) is 0. The van der Waals surface area contributed by atoms with Gasteiger partial charge >= 0.3 is 0 Å². The van der Waals surface area contributed by atoms with Crippen molar-refractivity contribution in [2.24, 2.45) is 0 Å². The van der Waals surface area contributed by atoms with E-state index in [2.05, 4.69) is 0 Å². The molecule has 0 radical (unpaired) electrons. The average Bonchev–Trinajstić information content (AvgIpc) is 1.80. The summed E-state index contributed by atoms with van der Waals surface area (Å²) in [6.07, 6.45) is -0.690. The minimum absolute atomic E-state index is 0.690. The molecule has 0 aliphatic rings. The van der Waals surface area contributed by atoms with Crippen LogP contribution >= 0.6 is 23.2 Å². The summed E-state index contributed by atoms with van der Waals surface area (Å²) in [6, 6.07) is 1.91. The van der Waals surface area contributed by atoms with Gasteiger partial charge in [-0.2, -0.15) is 5.26 Å². The van der Waals surface area contributed by atoms with Crippen LogP contribution in [0.25, 0.3) is 0 Å². The fraction of sp³-hybridized carbons (Fsp3) is 0.833. The van der Waals surface area contributed by atoms with E-state index in [0.29, 0.717) is 0 Å². The van der Waals surface area contributed by atoms with Crippen LogP contribution in [0.5, 0.6) is 0 Å². The molecule has 2 nitrogen and oxygen atoms in total. The highest BCUT2D eigenvalue weighted by Crippen LogP contribution is 2.16. The number of nitrogens with zero attached hydrogens (tertiary/aromatic N) is 1. The Kier molecular flexibility index (Phi) is 4.41. The minimum Gasteiger partial charge on any atom is -0.400 e. The van der Waals surface area contributed by atoms with E-state index in [4.69, 9.17) is 32.9 Å². The number of alkyl halides is 2. The third kappa shape index (κ3) is 5.51. The van der Waals surface area contributed by atoms with Crippen LogP contribution in [0.4, 0.5) is 0 Å². The second-order valence-electron chi connectivity index (χ2n) is 3.11. The van der Waals surface area contributed by atoms with E-state index < -0.39 is 19.3 Å². The van der Waals surface area contributed by atoms with E-state index in [1.54, 1.807) is 0 Å². The lowest BCUT2D eigenvalue weighted by Gasteiger charge is -2.21. The second-order valence-corrected chi connectivity index (χ2v) is 8.74. The highest BCUT2D eigenvalue weighted by molar-refractivity contribution is 6.69. The Balaban J connectivity index is 4.02. The van der Waals surface area contributed by atoms with Crippen LogP contribution < -0.4 is 0 Å². The average molecular weight is 212 g/mol. The van der Waals surface area contributed by atoms with Crippen LogP contribution in [-0.4, -0.2) is 19.3 Å². The van der Waals surface area contributed by atoms with Gasteiger partial charge in [-0.25, -0.2) is 0 Å². The number of halogens is 2. The fourth-order valence-electron chi connectivity index (χ4n) is 0.515. The predicted molar refractivity (Wildman–Crippen MR) is 49.3 cm³/mol. The zero-order chi connectivity index (χ0) is 9.07. The Morgan fingerprint density at radius 1 is 1.36 bits per heavy atom. The van der Waals surface area contributed by atoms with E-state index >= 15 is 0 Å². The maximum atomic E-state index is 8.54. The van der Waals surface area contributed by atoms with E-state index in [1.165, 1.54) is 0 Å². The molecule has 11 heavy (non-hydrogen) atoms. The molecule has 5 heteroatoms. The highest BCUT2D eigenvalue weighted by Gasteiger charge is 2.25. The van der Waals surface area contributed by atoms with Crippen molar-refractivity contribution < 1.29 is 4.43 Å². The van der Waals surface area contributed by atoms with Gasteiger partial charge in [-0.3, -0.25) is 0 Å². The molecule has 0 heterocycles. The molecule has 0 amide bonds. The Hall–Kier alpha value is 0.247. The predicted octanol–water partition coefficient (Wildman–Crippen LogP) is 2.53. The molecule has 0 saturated carbocycles. The van der Waals surface area contributed by atoms with E-state index in [-0.39, 0.29) is 0 Å². The molecule has 64 valence electrons. The van der Waals surface area contributed by atoms with Gasteiger partial charge < -0.3 is 4.43 Å². The summed E-state index contributed by atoms with van der Waals surface area (Å²) in [7, 11) is -1.70. The second kappa shape index (κ2) is 4.32. The lowest BCUT2D eigenvalue weighted by atomic mass is 10.5. The summed E-state index contributed by atoms with van der Waals surface area (Å²) in [5.41, 5.74) is 0. The topological polar surface area (TPSA) is 33.0 Å². The van der Waals surface area contributed by atoms with Crippen molar-refractivity contribution in [3.05, 3.63) is 0 Å². The van der Waals surface area contributed by atoms with Crippen LogP contribution in [0, 0.1) is 11.3 Å². The first-order valence-electron chi connectivity index (χ1n) is 3.22. The number of rotatable bonds is 3. The van der Waals surface area contributed by atoms with E-state index in [0.717, 1.165) is 0 Å². The molecule has 0 aromatic rings. The highest BCUT2D eigenvalue weighted by atomic mass is 35.5. The molecule has 0 spiro atoms. The SMILES string of the molecule is C[Si](C)(C)OC(C#N)C(Cl)Cl. The summed E-state index contributed by atoms with van der Waals surface area (Å²) in [5, 5.41) is 8.54. The Morgan fingerprint density at radius 3 is 1.91 bits per heavy atom. The third-order valence-electron chi connectivity index (χ3n) is 0.837. The van der Waals surface area contributed by atoms with Crippen LogP contribution in [0.1, 0.15) is 0 Å². The molecule has 0 bridgehead atoms. The van der Waals surface area contributed by atoms with Gasteiger partial charge in [0.1, 0.15) is 4.84 Å². The zero-order valence-electron chi connectivity index (χ0n) is 6.77. The first-order chi connectivity index (χ1) is 4.87. The zero-order valence-corrected chi connectivity index (χ0v) is 9.28. The van der Waals surface area contributed by atoms with Crippen molar-refractivity contribution in [1.29, 1.82) is 5.26 Å². The molecule has 0 N–H and O–H groups in total. The standard InChI is InChI=1S/C6H11Cl2NOSi/c1-11(2,3)10-5(4-9)6(7)8/h5-6H,1-3H3. The van der Waals surface area contributed by atoms with Crippen molar-refractivity contribution >= 4 is 31.5 Å². The van der Waals surface area contributed by atoms with Gasteiger partial charge in [0.05, 0.1) is 6.07 Å². The van der Waals surface area contributed by atoms with Gasteiger partial charge in [0.25, 0.3) is 0 Å². The number of hydrogen-bond acceptors (Lipinski definition) is 2. The largest absolute Gasteiger partial charge is 0.400 e. The van der Waals surface area contributed by atoms with E-state index in [1.807, 2.05) is 25.7 Å². The van der Waals surface area contributed by atoms with Crippen molar-refractivity contribution in [3.63, 3.8) is 0 Å². The van der Waals surface area contributed by atoms with Crippen LogP contribution in [0.2, 0.25) is 19.6 Å². The Bertz CT molecular complexity index is 161. The minimum atomic E-state index is -1.70. The summed E-state index contributed by atoms with van der Waals surface area (Å²) in [5.74, 6) is 0. The summed E-state index contributed by atoms with van der Waals surface area (Å²) >= 11 is 11.0. The lowest BCUT2D eigenvalue weighted by Crippen LogP contribution is -2.34. The van der Waals surface area contributed by atoms with Crippen LogP contribution in [-0.2, 0) is 4.43 Å². The summed E-state index contributed by atoms with van der Waals surface area (Å²) in [4.78, 5) is -0.758. The van der Waals surface area contributed by atoms with Gasteiger partial charge in [0.2, 0.25) is 0 Å². The molecule has 0 fully saturated rings. The van der Waals surface area contributed by atoms with Crippen molar-refractivity contribution in [3.8, 4) is 6.07 Å². The first kappa shape index (κ1) is 11.2. The third-order valence-corrected chi connectivity index (χ3v) is 2.26. The Labute approximate surface area is 78.2 Å². The maximum absolute atomic E-state index is 8.54. The normalized spacial score (nSPS) is 14.6. The fourth-order valence-corrected chi connectivity index (χ4v) is 1.85. The molecule has 1 atom stereocenters. The summed E-state index contributed by atoms with van der Waals surface area (Å²) in [6.45, 7) is 5.94. The van der Waals surface area contributed by atoms with Crippen molar-refractivity contribution in [1.82, 2.24) is 0 Å². The number of nitriles is 1. The van der Waals surface area contributed by atoms with Gasteiger partial charge in [-0.1, -0.05) is 0 Å². The summed E-state index contributed by atoms with van der Waals surface area (Å²) < 4.78 is 5.36. The van der Waals surface area contributed by atoms with Crippen LogP contribution in [0.15, 0.2) is 0 Å². The molecule has 0 saturated heterocycles. The Morgan fingerprint density at radius 2 is 1.82 bits per heavy atom. The van der Waals surface area contributed by atoms with E-state index in [9.17, 15) is 0 Å². The monoisotopic (exact) mass is 211 g/mol. The quantitative estimate of drug-likeness (QED) is 0.532. The molecular weight excluding hydrogens is 201 g/mol. The molecule has 0 aliphatic carbocycles. The smallest absolute Gasteiger partial charge is 0.185 e.